The van der Waals surface area contributed by atoms with Crippen molar-refractivity contribution in [3.63, 3.8) is 0 Å². The van der Waals surface area contributed by atoms with Crippen molar-refractivity contribution in [2.24, 2.45) is 0 Å². The Morgan fingerprint density at radius 2 is 1.86 bits per heavy atom. The van der Waals surface area contributed by atoms with Crippen LogP contribution < -0.4 is 15.4 Å². The van der Waals surface area contributed by atoms with Crippen LogP contribution in [0.4, 0.5) is 0 Å². The van der Waals surface area contributed by atoms with Crippen molar-refractivity contribution < 1.29 is 14.3 Å². The van der Waals surface area contributed by atoms with E-state index in [-0.39, 0.29) is 17.9 Å². The molecule has 29 heavy (non-hydrogen) atoms. The van der Waals surface area contributed by atoms with E-state index in [1.54, 1.807) is 7.11 Å². The molecular weight excluding hydrogens is 366 g/mol. The Balaban J connectivity index is 1.69. The summed E-state index contributed by atoms with van der Waals surface area (Å²) in [4.78, 5) is 27.8. The third kappa shape index (κ3) is 5.38. The van der Waals surface area contributed by atoms with Crippen molar-refractivity contribution in [1.82, 2.24) is 15.6 Å². The molecule has 0 saturated carbocycles. The third-order valence-corrected chi connectivity index (χ3v) is 4.86. The van der Waals surface area contributed by atoms with Gasteiger partial charge >= 0.3 is 0 Å². The first kappa shape index (κ1) is 20.5. The summed E-state index contributed by atoms with van der Waals surface area (Å²) in [7, 11) is 1.63. The van der Waals surface area contributed by atoms with Crippen LogP contribution in [0.25, 0.3) is 10.9 Å². The van der Waals surface area contributed by atoms with Crippen molar-refractivity contribution in [2.75, 3.05) is 7.11 Å². The molecule has 1 heterocycles. The minimum absolute atomic E-state index is 0.0890. The lowest BCUT2D eigenvalue weighted by Gasteiger charge is -2.21. The van der Waals surface area contributed by atoms with Crippen LogP contribution in [0.15, 0.2) is 54.7 Å². The fraction of sp³-hybridized carbons (Fsp3) is 0.304. The summed E-state index contributed by atoms with van der Waals surface area (Å²) < 4.78 is 5.26. The van der Waals surface area contributed by atoms with Gasteiger partial charge in [-0.1, -0.05) is 30.3 Å². The molecule has 1 aromatic heterocycles. The number of fused-ring (bicyclic) bond motifs is 1. The predicted molar refractivity (Wildman–Crippen MR) is 114 cm³/mol. The summed E-state index contributed by atoms with van der Waals surface area (Å²) in [5, 5.41) is 6.87. The lowest BCUT2D eigenvalue weighted by Crippen LogP contribution is -2.50. The van der Waals surface area contributed by atoms with Crippen LogP contribution in [0.3, 0.4) is 0 Å². The van der Waals surface area contributed by atoms with Gasteiger partial charge in [0.15, 0.2) is 0 Å². The number of nitrogens with one attached hydrogen (secondary N) is 3. The summed E-state index contributed by atoms with van der Waals surface area (Å²) in [5.74, 6) is 0.364. The number of hydrogen-bond acceptors (Lipinski definition) is 3. The molecule has 2 atom stereocenters. The fourth-order valence-electron chi connectivity index (χ4n) is 3.52. The summed E-state index contributed by atoms with van der Waals surface area (Å²) in [6.07, 6.45) is 2.98. The number of aromatic amines is 1. The number of benzene rings is 2. The van der Waals surface area contributed by atoms with E-state index in [0.717, 1.165) is 27.8 Å². The van der Waals surface area contributed by atoms with Crippen LogP contribution in [-0.4, -0.2) is 36.0 Å². The topological polar surface area (TPSA) is 83.2 Å². The number of carbonyl (C=O) groups is 2. The highest BCUT2D eigenvalue weighted by atomic mass is 16.5. The number of aromatic nitrogens is 1. The van der Waals surface area contributed by atoms with E-state index in [0.29, 0.717) is 12.8 Å². The number of rotatable bonds is 8. The van der Waals surface area contributed by atoms with Crippen LogP contribution in [0, 0.1) is 0 Å². The Hall–Kier alpha value is -3.28. The first-order chi connectivity index (χ1) is 14.0. The average Bonchev–Trinajstić information content (AvgIpc) is 3.10. The van der Waals surface area contributed by atoms with E-state index in [2.05, 4.69) is 15.6 Å². The Labute approximate surface area is 170 Å². The van der Waals surface area contributed by atoms with Gasteiger partial charge in [-0.3, -0.25) is 9.59 Å². The van der Waals surface area contributed by atoms with E-state index in [9.17, 15) is 9.59 Å². The Bertz CT molecular complexity index is 996. The zero-order valence-electron chi connectivity index (χ0n) is 17.0. The monoisotopic (exact) mass is 393 g/mol. The van der Waals surface area contributed by atoms with Gasteiger partial charge in [0.1, 0.15) is 11.8 Å². The lowest BCUT2D eigenvalue weighted by molar-refractivity contribution is -0.128. The maximum Gasteiger partial charge on any atom is 0.243 e. The highest BCUT2D eigenvalue weighted by molar-refractivity contribution is 5.89. The van der Waals surface area contributed by atoms with Crippen LogP contribution in [0.2, 0.25) is 0 Å². The molecule has 0 aliphatic heterocycles. The first-order valence-electron chi connectivity index (χ1n) is 9.71. The van der Waals surface area contributed by atoms with Crippen LogP contribution in [0.5, 0.6) is 5.75 Å². The van der Waals surface area contributed by atoms with E-state index < -0.39 is 6.04 Å². The van der Waals surface area contributed by atoms with Gasteiger partial charge in [0.2, 0.25) is 11.8 Å². The number of para-hydroxylation sites is 1. The molecule has 0 aliphatic rings. The highest BCUT2D eigenvalue weighted by Gasteiger charge is 2.22. The second-order valence-electron chi connectivity index (χ2n) is 7.28. The Kier molecular flexibility index (Phi) is 6.54. The van der Waals surface area contributed by atoms with Gasteiger partial charge in [0.25, 0.3) is 0 Å². The van der Waals surface area contributed by atoms with Gasteiger partial charge in [-0.2, -0.15) is 0 Å². The van der Waals surface area contributed by atoms with E-state index in [1.807, 2.05) is 61.7 Å². The standard InChI is InChI=1S/C23H27N3O3/c1-15(11-17-7-6-8-19(12-17)29-3)25-23(28)22(26-16(2)27)13-18-14-24-21-10-5-4-9-20(18)21/h4-10,12,14-15,22,24H,11,13H2,1-3H3,(H,25,28)(H,26,27). The summed E-state index contributed by atoms with van der Waals surface area (Å²) in [5.41, 5.74) is 3.08. The fourth-order valence-corrected chi connectivity index (χ4v) is 3.52. The Morgan fingerprint density at radius 1 is 1.07 bits per heavy atom. The largest absolute Gasteiger partial charge is 0.497 e. The Morgan fingerprint density at radius 3 is 2.62 bits per heavy atom. The molecule has 152 valence electrons. The van der Waals surface area contributed by atoms with E-state index in [4.69, 9.17) is 4.74 Å². The SMILES string of the molecule is COc1cccc(CC(C)NC(=O)C(Cc2c[nH]c3ccccc23)NC(C)=O)c1. The zero-order chi connectivity index (χ0) is 20.8. The van der Waals surface area contributed by atoms with Gasteiger partial charge in [-0.15, -0.1) is 0 Å². The molecule has 3 rings (SSSR count). The second kappa shape index (κ2) is 9.28. The van der Waals surface area contributed by atoms with Crippen molar-refractivity contribution in [1.29, 1.82) is 0 Å². The summed E-state index contributed by atoms with van der Waals surface area (Å²) >= 11 is 0. The molecule has 0 bridgehead atoms. The molecule has 2 aromatic carbocycles. The minimum Gasteiger partial charge on any atom is -0.497 e. The van der Waals surface area contributed by atoms with Gasteiger partial charge in [0.05, 0.1) is 7.11 Å². The molecule has 2 unspecified atom stereocenters. The zero-order valence-corrected chi connectivity index (χ0v) is 17.0. The van der Waals surface area contributed by atoms with E-state index in [1.165, 1.54) is 6.92 Å². The molecule has 0 saturated heterocycles. The van der Waals surface area contributed by atoms with Crippen molar-refractivity contribution >= 4 is 22.7 Å². The second-order valence-corrected chi connectivity index (χ2v) is 7.28. The molecule has 2 amide bonds. The van der Waals surface area contributed by atoms with Gasteiger partial charge in [-0.05, 0) is 42.7 Å². The smallest absolute Gasteiger partial charge is 0.243 e. The quantitative estimate of drug-likeness (QED) is 0.550. The molecule has 0 aliphatic carbocycles. The minimum atomic E-state index is -0.639. The van der Waals surface area contributed by atoms with Crippen molar-refractivity contribution in [2.45, 2.75) is 38.8 Å². The summed E-state index contributed by atoms with van der Waals surface area (Å²) in [6.45, 7) is 3.38. The van der Waals surface area contributed by atoms with Crippen LogP contribution in [-0.2, 0) is 22.4 Å². The number of methoxy groups -OCH3 is 1. The van der Waals surface area contributed by atoms with Gasteiger partial charge in [0, 0.05) is 36.5 Å². The molecule has 0 spiro atoms. The highest BCUT2D eigenvalue weighted by Crippen LogP contribution is 2.19. The third-order valence-electron chi connectivity index (χ3n) is 4.86. The van der Waals surface area contributed by atoms with Crippen molar-refractivity contribution in [3.05, 3.63) is 65.9 Å². The molecule has 0 fully saturated rings. The lowest BCUT2D eigenvalue weighted by atomic mass is 10.0. The van der Waals surface area contributed by atoms with E-state index >= 15 is 0 Å². The molecule has 6 heteroatoms. The first-order valence-corrected chi connectivity index (χ1v) is 9.71. The van der Waals surface area contributed by atoms with Crippen LogP contribution in [0.1, 0.15) is 25.0 Å². The normalized spacial score (nSPS) is 12.9. The molecule has 6 nitrogen and oxygen atoms in total. The predicted octanol–water partition coefficient (Wildman–Crippen LogP) is 2.97. The molecular formula is C23H27N3O3. The number of hydrogen-bond donors (Lipinski definition) is 3. The number of ether oxygens (including phenoxy) is 1. The maximum absolute atomic E-state index is 12.9. The van der Waals surface area contributed by atoms with Gasteiger partial charge in [-0.25, -0.2) is 0 Å². The number of amides is 2. The number of H-pyrrole nitrogens is 1. The molecule has 3 N–H and O–H groups in total. The average molecular weight is 393 g/mol. The number of carbonyl (C=O) groups excluding carboxylic acids is 2. The molecule has 3 aromatic rings. The molecule has 0 radical (unpaired) electrons. The summed E-state index contributed by atoms with van der Waals surface area (Å²) in [6, 6.07) is 15.0. The maximum atomic E-state index is 12.9. The van der Waals surface area contributed by atoms with Crippen LogP contribution >= 0.6 is 0 Å². The van der Waals surface area contributed by atoms with Gasteiger partial charge < -0.3 is 20.4 Å². The van der Waals surface area contributed by atoms with Crippen molar-refractivity contribution in [3.8, 4) is 5.75 Å².